The van der Waals surface area contributed by atoms with E-state index < -0.39 is 35.4 Å². The minimum Gasteiger partial charge on any atom is -0.391 e. The van der Waals surface area contributed by atoms with Gasteiger partial charge in [-0.3, -0.25) is 14.2 Å². The number of aromatic nitrogens is 2. The first-order chi connectivity index (χ1) is 14.2. The van der Waals surface area contributed by atoms with Crippen LogP contribution in [0.4, 0.5) is 13.2 Å². The zero-order valence-electron chi connectivity index (χ0n) is 15.7. The summed E-state index contributed by atoms with van der Waals surface area (Å²) < 4.78 is 40.6. The van der Waals surface area contributed by atoms with Crippen LogP contribution in [0.1, 0.15) is 23.6 Å². The molecule has 1 saturated heterocycles. The van der Waals surface area contributed by atoms with Gasteiger partial charge in [-0.2, -0.15) is 13.2 Å². The summed E-state index contributed by atoms with van der Waals surface area (Å²) in [6.45, 7) is -0.318. The predicted molar refractivity (Wildman–Crippen MR) is 103 cm³/mol. The lowest BCUT2D eigenvalue weighted by molar-refractivity contribution is -0.137. The second-order valence-electron chi connectivity index (χ2n) is 7.25. The molecule has 2 atom stereocenters. The summed E-state index contributed by atoms with van der Waals surface area (Å²) in [7, 11) is 0. The van der Waals surface area contributed by atoms with Crippen LogP contribution in [0.2, 0.25) is 0 Å². The topological polar surface area (TPSA) is 75.4 Å². The van der Waals surface area contributed by atoms with E-state index in [1.54, 1.807) is 24.3 Å². The SMILES string of the molecule is O=C(Cn1c(=O)cnc2ccccc21)N1C[C@H](O)C[C@H]1c1cccc(C(F)(F)F)c1. The van der Waals surface area contributed by atoms with E-state index in [4.69, 9.17) is 0 Å². The van der Waals surface area contributed by atoms with Gasteiger partial charge in [-0.1, -0.05) is 24.3 Å². The Kier molecular flexibility index (Phi) is 5.07. The van der Waals surface area contributed by atoms with E-state index in [1.807, 2.05) is 0 Å². The Morgan fingerprint density at radius 2 is 1.93 bits per heavy atom. The average Bonchev–Trinajstić information content (AvgIpc) is 3.11. The van der Waals surface area contributed by atoms with Crippen molar-refractivity contribution >= 4 is 16.9 Å². The molecule has 30 heavy (non-hydrogen) atoms. The van der Waals surface area contributed by atoms with Crippen LogP contribution in [0.5, 0.6) is 0 Å². The maximum Gasteiger partial charge on any atom is 0.416 e. The van der Waals surface area contributed by atoms with E-state index in [0.717, 1.165) is 18.3 Å². The molecule has 1 fully saturated rings. The maximum absolute atomic E-state index is 13.1. The number of aliphatic hydroxyl groups excluding tert-OH is 1. The number of para-hydroxylation sites is 2. The molecule has 2 aromatic carbocycles. The number of fused-ring (bicyclic) bond motifs is 1. The van der Waals surface area contributed by atoms with Crippen LogP contribution in [-0.4, -0.2) is 38.1 Å². The number of carbonyl (C=O) groups is 1. The molecule has 0 spiro atoms. The number of alkyl halides is 3. The Morgan fingerprint density at radius 1 is 1.17 bits per heavy atom. The van der Waals surface area contributed by atoms with Crippen LogP contribution in [0.3, 0.4) is 0 Å². The van der Waals surface area contributed by atoms with Crippen molar-refractivity contribution in [1.82, 2.24) is 14.5 Å². The summed E-state index contributed by atoms with van der Waals surface area (Å²) in [5.74, 6) is -0.465. The molecular formula is C21H18F3N3O3. The molecule has 1 aliphatic heterocycles. The van der Waals surface area contributed by atoms with Gasteiger partial charge >= 0.3 is 6.18 Å². The van der Waals surface area contributed by atoms with Gasteiger partial charge in [-0.15, -0.1) is 0 Å². The molecule has 0 unspecified atom stereocenters. The fourth-order valence-corrected chi connectivity index (χ4v) is 3.83. The summed E-state index contributed by atoms with van der Waals surface area (Å²) in [5, 5.41) is 10.1. The number of hydrogen-bond donors (Lipinski definition) is 1. The molecule has 9 heteroatoms. The van der Waals surface area contributed by atoms with Crippen LogP contribution < -0.4 is 5.56 Å². The Morgan fingerprint density at radius 3 is 2.70 bits per heavy atom. The molecular weight excluding hydrogens is 399 g/mol. The third-order valence-electron chi connectivity index (χ3n) is 5.24. The number of likely N-dealkylation sites (tertiary alicyclic amines) is 1. The minimum atomic E-state index is -4.51. The van der Waals surface area contributed by atoms with Gasteiger partial charge in [0.15, 0.2) is 0 Å². The van der Waals surface area contributed by atoms with E-state index in [1.165, 1.54) is 21.6 Å². The van der Waals surface area contributed by atoms with Crippen molar-refractivity contribution in [1.29, 1.82) is 0 Å². The molecule has 2 heterocycles. The number of halogens is 3. The third kappa shape index (κ3) is 3.80. The van der Waals surface area contributed by atoms with Gasteiger partial charge < -0.3 is 10.0 Å². The highest BCUT2D eigenvalue weighted by atomic mass is 19.4. The molecule has 3 aromatic rings. The van der Waals surface area contributed by atoms with Gasteiger partial charge in [0.1, 0.15) is 6.54 Å². The average molecular weight is 417 g/mol. The molecule has 0 saturated carbocycles. The van der Waals surface area contributed by atoms with Crippen molar-refractivity contribution < 1.29 is 23.1 Å². The highest BCUT2D eigenvalue weighted by molar-refractivity contribution is 5.80. The molecule has 0 bridgehead atoms. The quantitative estimate of drug-likeness (QED) is 0.711. The molecule has 1 aliphatic rings. The number of carbonyl (C=O) groups excluding carboxylic acids is 1. The maximum atomic E-state index is 13.1. The molecule has 0 radical (unpaired) electrons. The molecule has 0 aliphatic carbocycles. The zero-order valence-corrected chi connectivity index (χ0v) is 15.7. The van der Waals surface area contributed by atoms with E-state index in [0.29, 0.717) is 16.6 Å². The fourth-order valence-electron chi connectivity index (χ4n) is 3.83. The van der Waals surface area contributed by atoms with E-state index in [2.05, 4.69) is 4.98 Å². The highest BCUT2D eigenvalue weighted by Crippen LogP contribution is 2.36. The first-order valence-corrected chi connectivity index (χ1v) is 9.33. The van der Waals surface area contributed by atoms with Crippen molar-refractivity contribution in [3.8, 4) is 0 Å². The van der Waals surface area contributed by atoms with Crippen molar-refractivity contribution in [2.45, 2.75) is 31.3 Å². The Labute approximate surface area is 169 Å². The number of aliphatic hydroxyl groups is 1. The largest absolute Gasteiger partial charge is 0.416 e. The predicted octanol–water partition coefficient (Wildman–Crippen LogP) is 2.75. The van der Waals surface area contributed by atoms with Crippen LogP contribution in [0.15, 0.2) is 59.5 Å². The number of rotatable bonds is 3. The lowest BCUT2D eigenvalue weighted by Crippen LogP contribution is -2.37. The van der Waals surface area contributed by atoms with Gasteiger partial charge in [0, 0.05) is 6.54 Å². The Balaban J connectivity index is 1.66. The second-order valence-corrected chi connectivity index (χ2v) is 7.25. The third-order valence-corrected chi connectivity index (χ3v) is 5.24. The summed E-state index contributed by atoms with van der Waals surface area (Å²) in [6.07, 6.45) is -4.12. The van der Waals surface area contributed by atoms with Crippen molar-refractivity contribution in [3.63, 3.8) is 0 Å². The summed E-state index contributed by atoms with van der Waals surface area (Å²) in [6, 6.07) is 10.9. The number of nitrogens with zero attached hydrogens (tertiary/aromatic N) is 3. The van der Waals surface area contributed by atoms with Crippen molar-refractivity contribution in [2.75, 3.05) is 6.54 Å². The molecule has 6 nitrogen and oxygen atoms in total. The smallest absolute Gasteiger partial charge is 0.391 e. The van der Waals surface area contributed by atoms with Gasteiger partial charge in [0.25, 0.3) is 5.56 Å². The first kappa shape index (κ1) is 20.1. The number of hydrogen-bond acceptors (Lipinski definition) is 4. The number of benzene rings is 2. The van der Waals surface area contributed by atoms with Crippen LogP contribution in [0, 0.1) is 0 Å². The highest BCUT2D eigenvalue weighted by Gasteiger charge is 2.37. The van der Waals surface area contributed by atoms with Gasteiger partial charge in [-0.05, 0) is 36.2 Å². The number of amides is 1. The molecule has 4 rings (SSSR count). The second kappa shape index (κ2) is 7.56. The molecule has 1 amide bonds. The van der Waals surface area contributed by atoms with Gasteiger partial charge in [-0.25, -0.2) is 4.98 Å². The van der Waals surface area contributed by atoms with Crippen LogP contribution in [-0.2, 0) is 17.5 Å². The normalized spacial score (nSPS) is 19.4. The van der Waals surface area contributed by atoms with Crippen molar-refractivity contribution in [2.24, 2.45) is 0 Å². The Bertz CT molecular complexity index is 1160. The summed E-state index contributed by atoms with van der Waals surface area (Å²) in [5.41, 5.74) is 0.0405. The number of β-amino-alcohol motifs (C(OH)–C–C–N with tert-alkyl or cyclic N) is 1. The van der Waals surface area contributed by atoms with Crippen LogP contribution >= 0.6 is 0 Å². The summed E-state index contributed by atoms with van der Waals surface area (Å²) >= 11 is 0. The zero-order chi connectivity index (χ0) is 21.5. The molecule has 1 aromatic heterocycles. The minimum absolute atomic E-state index is 0.0164. The Hall–Kier alpha value is -3.20. The summed E-state index contributed by atoms with van der Waals surface area (Å²) in [4.78, 5) is 30.7. The standard InChI is InChI=1S/C21H18F3N3O3/c22-21(23,24)14-5-3-4-13(8-14)18-9-15(28)11-26(18)20(30)12-27-17-7-2-1-6-16(17)25-10-19(27)29/h1-8,10,15,18,28H,9,11-12H2/t15-,18+/m1/s1. The fraction of sp³-hybridized carbons (Fsp3) is 0.286. The van der Waals surface area contributed by atoms with Crippen LogP contribution in [0.25, 0.3) is 11.0 Å². The van der Waals surface area contributed by atoms with E-state index >= 15 is 0 Å². The van der Waals surface area contributed by atoms with Crippen molar-refractivity contribution in [3.05, 3.63) is 76.2 Å². The lowest BCUT2D eigenvalue weighted by atomic mass is 10.0. The molecule has 156 valence electrons. The van der Waals surface area contributed by atoms with E-state index in [-0.39, 0.29) is 19.5 Å². The molecule has 1 N–H and O–H groups in total. The lowest BCUT2D eigenvalue weighted by Gasteiger charge is -2.26. The first-order valence-electron chi connectivity index (χ1n) is 9.33. The van der Waals surface area contributed by atoms with Gasteiger partial charge in [0.05, 0.1) is 34.9 Å². The van der Waals surface area contributed by atoms with Gasteiger partial charge in [0.2, 0.25) is 5.91 Å². The van der Waals surface area contributed by atoms with E-state index in [9.17, 15) is 27.9 Å². The monoisotopic (exact) mass is 417 g/mol.